The molecule has 142 valence electrons. The molecule has 0 aliphatic carbocycles. The Morgan fingerprint density at radius 3 is 2.33 bits per heavy atom. The molecule has 4 nitrogen and oxygen atoms in total. The fraction of sp³-hybridized carbons (Fsp3) is 0.455. The molecule has 0 saturated carbocycles. The van der Waals surface area contributed by atoms with Gasteiger partial charge in [-0.3, -0.25) is 9.59 Å². The molecule has 1 spiro atoms. The van der Waals surface area contributed by atoms with Crippen LogP contribution in [0.15, 0.2) is 41.8 Å². The van der Waals surface area contributed by atoms with Crippen LogP contribution >= 0.6 is 11.3 Å². The highest BCUT2D eigenvalue weighted by atomic mass is 32.1. The molecule has 0 atom stereocenters. The molecule has 0 radical (unpaired) electrons. The number of thiophene rings is 1. The largest absolute Gasteiger partial charge is 0.342 e. The highest BCUT2D eigenvalue weighted by Gasteiger charge is 2.40. The van der Waals surface area contributed by atoms with Gasteiger partial charge in [-0.15, -0.1) is 11.3 Å². The summed E-state index contributed by atoms with van der Waals surface area (Å²) in [5.74, 6) is 0.306. The Balaban J connectivity index is 1.39. The fourth-order valence-electron chi connectivity index (χ4n) is 4.47. The van der Waals surface area contributed by atoms with Crippen molar-refractivity contribution in [2.24, 2.45) is 5.41 Å². The van der Waals surface area contributed by atoms with E-state index in [0.717, 1.165) is 56.6 Å². The number of carbonyl (C=O) groups is 2. The zero-order valence-electron chi connectivity index (χ0n) is 15.8. The second-order valence-corrected chi connectivity index (χ2v) is 8.84. The summed E-state index contributed by atoms with van der Waals surface area (Å²) in [6, 6.07) is 12.1. The summed E-state index contributed by atoms with van der Waals surface area (Å²) in [7, 11) is 0. The molecule has 2 amide bonds. The van der Waals surface area contributed by atoms with E-state index in [4.69, 9.17) is 0 Å². The smallest absolute Gasteiger partial charge is 0.253 e. The fourth-order valence-corrected chi connectivity index (χ4v) is 5.20. The molecule has 2 aliphatic heterocycles. The minimum absolute atomic E-state index is 0.127. The van der Waals surface area contributed by atoms with Crippen molar-refractivity contribution in [3.05, 3.63) is 47.3 Å². The molecule has 5 heteroatoms. The van der Waals surface area contributed by atoms with Crippen molar-refractivity contribution in [1.82, 2.24) is 9.80 Å². The lowest BCUT2D eigenvalue weighted by molar-refractivity contribution is -0.133. The van der Waals surface area contributed by atoms with E-state index in [1.807, 2.05) is 40.1 Å². The molecule has 2 aromatic rings. The Morgan fingerprint density at radius 1 is 0.963 bits per heavy atom. The molecule has 0 bridgehead atoms. The van der Waals surface area contributed by atoms with E-state index in [1.54, 1.807) is 18.3 Å². The number of piperidine rings is 2. The molecule has 0 N–H and O–H groups in total. The summed E-state index contributed by atoms with van der Waals surface area (Å²) in [4.78, 5) is 29.9. The first-order valence-corrected chi connectivity index (χ1v) is 10.6. The van der Waals surface area contributed by atoms with Gasteiger partial charge in [0.15, 0.2) is 0 Å². The normalized spacial score (nSPS) is 19.3. The topological polar surface area (TPSA) is 40.6 Å². The monoisotopic (exact) mass is 382 g/mol. The second-order valence-electron chi connectivity index (χ2n) is 7.89. The van der Waals surface area contributed by atoms with Gasteiger partial charge in [0, 0.05) is 43.5 Å². The van der Waals surface area contributed by atoms with Crippen LogP contribution in [0.4, 0.5) is 0 Å². The van der Waals surface area contributed by atoms with Crippen molar-refractivity contribution >= 4 is 23.2 Å². The Bertz CT molecular complexity index is 805. The number of carbonyl (C=O) groups excluding carboxylic acids is 2. The third kappa shape index (κ3) is 3.79. The van der Waals surface area contributed by atoms with Crippen molar-refractivity contribution in [1.29, 1.82) is 0 Å². The maximum atomic E-state index is 12.9. The standard InChI is InChI=1S/C22H26N2O2S/c1-17(25)24-12-3-9-22(16-24)10-13-23(14-11-22)21(26)19-7-5-18(6-8-19)20-4-2-15-27-20/h2,4-8,15H,3,9-14,16H2,1H3. The zero-order chi connectivity index (χ0) is 18.9. The van der Waals surface area contributed by atoms with Crippen molar-refractivity contribution in [3.8, 4) is 10.4 Å². The van der Waals surface area contributed by atoms with Crippen LogP contribution in [0.5, 0.6) is 0 Å². The molecule has 2 saturated heterocycles. The van der Waals surface area contributed by atoms with Crippen LogP contribution in [0, 0.1) is 5.41 Å². The Kier molecular flexibility index (Phi) is 5.04. The van der Waals surface area contributed by atoms with Gasteiger partial charge in [0.05, 0.1) is 0 Å². The SMILES string of the molecule is CC(=O)N1CCCC2(CCN(C(=O)c3ccc(-c4cccs4)cc3)CC2)C1. The van der Waals surface area contributed by atoms with Crippen LogP contribution in [0.25, 0.3) is 10.4 Å². The van der Waals surface area contributed by atoms with Gasteiger partial charge in [-0.05, 0) is 60.2 Å². The van der Waals surface area contributed by atoms with Crippen LogP contribution in [-0.2, 0) is 4.79 Å². The molecule has 0 unspecified atom stereocenters. The zero-order valence-corrected chi connectivity index (χ0v) is 16.6. The highest BCUT2D eigenvalue weighted by molar-refractivity contribution is 7.13. The van der Waals surface area contributed by atoms with E-state index in [1.165, 1.54) is 11.3 Å². The van der Waals surface area contributed by atoms with E-state index >= 15 is 0 Å². The average Bonchev–Trinajstić information content (AvgIpc) is 3.23. The predicted octanol–water partition coefficient (Wildman–Crippen LogP) is 4.28. The van der Waals surface area contributed by atoms with Gasteiger partial charge in [0.2, 0.25) is 5.91 Å². The van der Waals surface area contributed by atoms with E-state index in [9.17, 15) is 9.59 Å². The van der Waals surface area contributed by atoms with E-state index < -0.39 is 0 Å². The maximum Gasteiger partial charge on any atom is 0.253 e. The molecule has 1 aromatic heterocycles. The lowest BCUT2D eigenvalue weighted by atomic mass is 9.72. The molecule has 27 heavy (non-hydrogen) atoms. The molecule has 2 aliphatic rings. The Labute approximate surface area is 164 Å². The Hall–Kier alpha value is -2.14. The summed E-state index contributed by atoms with van der Waals surface area (Å²) in [6.45, 7) is 4.99. The van der Waals surface area contributed by atoms with Gasteiger partial charge >= 0.3 is 0 Å². The number of hydrogen-bond acceptors (Lipinski definition) is 3. The van der Waals surface area contributed by atoms with Crippen LogP contribution in [0.3, 0.4) is 0 Å². The summed E-state index contributed by atoms with van der Waals surface area (Å²) in [6.07, 6.45) is 4.25. The first-order chi connectivity index (χ1) is 13.1. The van der Waals surface area contributed by atoms with Crippen molar-refractivity contribution in [3.63, 3.8) is 0 Å². The number of nitrogens with zero attached hydrogens (tertiary/aromatic N) is 2. The number of amides is 2. The number of benzene rings is 1. The van der Waals surface area contributed by atoms with Crippen LogP contribution in [-0.4, -0.2) is 47.8 Å². The van der Waals surface area contributed by atoms with E-state index in [0.29, 0.717) is 0 Å². The minimum atomic E-state index is 0.127. The van der Waals surface area contributed by atoms with Gasteiger partial charge in [-0.1, -0.05) is 18.2 Å². The highest BCUT2D eigenvalue weighted by Crippen LogP contribution is 2.40. The summed E-state index contributed by atoms with van der Waals surface area (Å²) < 4.78 is 0. The number of likely N-dealkylation sites (tertiary alicyclic amines) is 2. The molecule has 2 fully saturated rings. The van der Waals surface area contributed by atoms with Crippen molar-refractivity contribution in [2.45, 2.75) is 32.6 Å². The van der Waals surface area contributed by atoms with E-state index in [2.05, 4.69) is 11.4 Å². The average molecular weight is 383 g/mol. The number of hydrogen-bond donors (Lipinski definition) is 0. The predicted molar refractivity (Wildman–Crippen MR) is 109 cm³/mol. The molecule has 1 aromatic carbocycles. The third-order valence-electron chi connectivity index (χ3n) is 6.16. The van der Waals surface area contributed by atoms with Crippen LogP contribution in [0.2, 0.25) is 0 Å². The lowest BCUT2D eigenvalue weighted by Gasteiger charge is -2.47. The van der Waals surface area contributed by atoms with Crippen molar-refractivity contribution in [2.75, 3.05) is 26.2 Å². The summed E-state index contributed by atoms with van der Waals surface area (Å²) >= 11 is 1.71. The molecular weight excluding hydrogens is 356 g/mol. The molecule has 3 heterocycles. The maximum absolute atomic E-state index is 12.9. The third-order valence-corrected chi connectivity index (χ3v) is 7.07. The van der Waals surface area contributed by atoms with E-state index in [-0.39, 0.29) is 17.2 Å². The van der Waals surface area contributed by atoms with Crippen LogP contribution < -0.4 is 0 Å². The van der Waals surface area contributed by atoms with Gasteiger partial charge in [0.25, 0.3) is 5.91 Å². The first kappa shape index (κ1) is 18.2. The first-order valence-electron chi connectivity index (χ1n) is 9.75. The van der Waals surface area contributed by atoms with Crippen LogP contribution in [0.1, 0.15) is 43.0 Å². The summed E-state index contributed by atoms with van der Waals surface area (Å²) in [5.41, 5.74) is 2.13. The van der Waals surface area contributed by atoms with Gasteiger partial charge in [-0.25, -0.2) is 0 Å². The summed E-state index contributed by atoms with van der Waals surface area (Å²) in [5, 5.41) is 2.07. The van der Waals surface area contributed by atoms with Gasteiger partial charge in [-0.2, -0.15) is 0 Å². The lowest BCUT2D eigenvalue weighted by Crippen LogP contribution is -2.51. The second kappa shape index (κ2) is 7.47. The number of rotatable bonds is 2. The van der Waals surface area contributed by atoms with Gasteiger partial charge in [0.1, 0.15) is 0 Å². The Morgan fingerprint density at radius 2 is 1.70 bits per heavy atom. The minimum Gasteiger partial charge on any atom is -0.342 e. The molecule has 4 rings (SSSR count). The van der Waals surface area contributed by atoms with Crippen molar-refractivity contribution < 1.29 is 9.59 Å². The molecular formula is C22H26N2O2S. The van der Waals surface area contributed by atoms with Gasteiger partial charge < -0.3 is 9.80 Å². The quantitative estimate of drug-likeness (QED) is 0.778.